The van der Waals surface area contributed by atoms with Gasteiger partial charge in [-0.2, -0.15) is 5.10 Å². The van der Waals surface area contributed by atoms with Gasteiger partial charge in [-0.3, -0.25) is 0 Å². The normalized spacial score (nSPS) is 14.8. The predicted octanol–water partition coefficient (Wildman–Crippen LogP) is 4.10. The highest BCUT2D eigenvalue weighted by Gasteiger charge is 2.07. The van der Waals surface area contributed by atoms with Crippen molar-refractivity contribution < 1.29 is 4.74 Å². The van der Waals surface area contributed by atoms with Crippen LogP contribution in [0.15, 0.2) is 28.4 Å². The summed E-state index contributed by atoms with van der Waals surface area (Å²) in [6, 6.07) is 5.44. The Hall–Kier alpha value is -0.750. The molecule has 1 aromatic rings. The number of amidine groups is 1. The fourth-order valence-electron chi connectivity index (χ4n) is 1.87. The van der Waals surface area contributed by atoms with Crippen LogP contribution in [0.1, 0.15) is 24.8 Å². The Morgan fingerprint density at radius 1 is 1.14 bits per heavy atom. The van der Waals surface area contributed by atoms with E-state index >= 15 is 0 Å². The molecule has 0 amide bonds. The van der Waals surface area contributed by atoms with Gasteiger partial charge in [-0.15, -0.1) is 5.10 Å². The molecule has 2 N–H and O–H groups in total. The topological polar surface area (TPSA) is 60.0 Å². The lowest BCUT2D eigenvalue weighted by atomic mass is 10.2. The summed E-state index contributed by atoms with van der Waals surface area (Å²) in [6.07, 6.45) is 2.96. The molecule has 0 bridgehead atoms. The first-order valence-electron chi connectivity index (χ1n) is 6.68. The third kappa shape index (κ3) is 6.26. The molecule has 2 rings (SSSR count). The van der Waals surface area contributed by atoms with E-state index in [9.17, 15) is 0 Å². The van der Waals surface area contributed by atoms with Crippen LogP contribution in [0.4, 0.5) is 0 Å². The SMILES string of the molecule is NC1=NN=C(CCCCOCc2cc(Cl)cc(Cl)c2)CS1. The van der Waals surface area contributed by atoms with Gasteiger partial charge in [0.2, 0.25) is 0 Å². The Bertz CT molecular complexity index is 529. The Morgan fingerprint density at radius 3 is 2.57 bits per heavy atom. The van der Waals surface area contributed by atoms with Crippen LogP contribution in [-0.4, -0.2) is 23.2 Å². The molecule has 7 heteroatoms. The van der Waals surface area contributed by atoms with Gasteiger partial charge in [-0.25, -0.2) is 0 Å². The summed E-state index contributed by atoms with van der Waals surface area (Å²) in [6.45, 7) is 1.23. The summed E-state index contributed by atoms with van der Waals surface area (Å²) < 4.78 is 5.63. The van der Waals surface area contributed by atoms with Gasteiger partial charge in [0, 0.05) is 22.4 Å². The monoisotopic (exact) mass is 345 g/mol. The fraction of sp³-hybridized carbons (Fsp3) is 0.429. The molecule has 0 saturated carbocycles. The second-order valence-corrected chi connectivity index (χ2v) is 6.55. The summed E-state index contributed by atoms with van der Waals surface area (Å²) in [5.74, 6) is 0.844. The zero-order valence-corrected chi connectivity index (χ0v) is 13.8. The van der Waals surface area contributed by atoms with Gasteiger partial charge in [0.15, 0.2) is 5.17 Å². The summed E-state index contributed by atoms with van der Waals surface area (Å²) in [7, 11) is 0. The lowest BCUT2D eigenvalue weighted by molar-refractivity contribution is 0.117. The van der Waals surface area contributed by atoms with Gasteiger partial charge >= 0.3 is 0 Å². The molecular weight excluding hydrogens is 329 g/mol. The molecule has 1 heterocycles. The molecule has 1 aliphatic heterocycles. The van der Waals surface area contributed by atoms with Crippen LogP contribution in [0.3, 0.4) is 0 Å². The maximum absolute atomic E-state index is 5.93. The molecule has 1 aromatic carbocycles. The molecule has 4 nitrogen and oxygen atoms in total. The van der Waals surface area contributed by atoms with Crippen LogP contribution in [0.5, 0.6) is 0 Å². The number of nitrogens with two attached hydrogens (primary N) is 1. The standard InChI is InChI=1S/C14H17Cl2N3OS/c15-11-5-10(6-12(16)7-11)8-20-4-2-1-3-13-9-21-14(17)19-18-13/h5-7H,1-4,8-9H2,(H2,17,19). The molecule has 0 atom stereocenters. The molecular formula is C14H17Cl2N3OS. The van der Waals surface area contributed by atoms with Crippen LogP contribution in [-0.2, 0) is 11.3 Å². The molecule has 0 unspecified atom stereocenters. The molecule has 0 aliphatic carbocycles. The van der Waals surface area contributed by atoms with E-state index in [2.05, 4.69) is 10.2 Å². The average Bonchev–Trinajstić information content (AvgIpc) is 2.43. The molecule has 0 radical (unpaired) electrons. The van der Waals surface area contributed by atoms with E-state index < -0.39 is 0 Å². The van der Waals surface area contributed by atoms with Crippen LogP contribution < -0.4 is 5.73 Å². The Balaban J connectivity index is 1.60. The highest BCUT2D eigenvalue weighted by atomic mass is 35.5. The minimum Gasteiger partial charge on any atom is -0.377 e. The van der Waals surface area contributed by atoms with Gasteiger partial charge < -0.3 is 10.5 Å². The highest BCUT2D eigenvalue weighted by molar-refractivity contribution is 8.14. The van der Waals surface area contributed by atoms with Gasteiger partial charge in [0.05, 0.1) is 12.3 Å². The smallest absolute Gasteiger partial charge is 0.180 e. The molecule has 114 valence electrons. The molecule has 0 saturated heterocycles. The molecule has 0 spiro atoms. The third-order valence-corrected chi connectivity index (χ3v) is 4.16. The first kappa shape index (κ1) is 16.6. The van der Waals surface area contributed by atoms with Crippen LogP contribution in [0, 0.1) is 0 Å². The average molecular weight is 346 g/mol. The second kappa shape index (κ2) is 8.63. The number of thioether (sulfide) groups is 1. The summed E-state index contributed by atoms with van der Waals surface area (Å²) in [4.78, 5) is 0. The second-order valence-electron chi connectivity index (χ2n) is 4.68. The predicted molar refractivity (Wildman–Crippen MR) is 91.5 cm³/mol. The zero-order valence-electron chi connectivity index (χ0n) is 11.5. The van der Waals surface area contributed by atoms with E-state index in [1.54, 1.807) is 6.07 Å². The fourth-order valence-corrected chi connectivity index (χ4v) is 3.06. The summed E-state index contributed by atoms with van der Waals surface area (Å²) in [5, 5.41) is 9.77. The van der Waals surface area contributed by atoms with Crippen LogP contribution in [0.25, 0.3) is 0 Å². The Morgan fingerprint density at radius 2 is 1.90 bits per heavy atom. The van der Waals surface area contributed by atoms with Gasteiger partial charge in [0.1, 0.15) is 0 Å². The highest BCUT2D eigenvalue weighted by Crippen LogP contribution is 2.19. The summed E-state index contributed by atoms with van der Waals surface area (Å²) in [5.41, 5.74) is 7.62. The van der Waals surface area contributed by atoms with E-state index in [-0.39, 0.29) is 0 Å². The number of hydrogen-bond acceptors (Lipinski definition) is 5. The van der Waals surface area contributed by atoms with Crippen molar-refractivity contribution in [2.45, 2.75) is 25.9 Å². The quantitative estimate of drug-likeness (QED) is 0.756. The number of ether oxygens (including phenoxy) is 1. The van der Waals surface area contributed by atoms with Crippen LogP contribution >= 0.6 is 35.0 Å². The largest absolute Gasteiger partial charge is 0.377 e. The number of halogens is 2. The van der Waals surface area contributed by atoms with E-state index in [0.29, 0.717) is 28.4 Å². The van der Waals surface area contributed by atoms with Crippen molar-refractivity contribution in [3.05, 3.63) is 33.8 Å². The minimum atomic E-state index is 0.526. The van der Waals surface area contributed by atoms with Crippen molar-refractivity contribution in [2.24, 2.45) is 15.9 Å². The van der Waals surface area contributed by atoms with Crippen molar-refractivity contribution in [3.8, 4) is 0 Å². The first-order valence-corrected chi connectivity index (χ1v) is 8.42. The number of hydrogen-bond donors (Lipinski definition) is 1. The maximum atomic E-state index is 5.93. The molecule has 0 aromatic heterocycles. The van der Waals surface area contributed by atoms with Crippen molar-refractivity contribution in [3.63, 3.8) is 0 Å². The van der Waals surface area contributed by atoms with E-state index in [1.807, 2.05) is 12.1 Å². The first-order chi connectivity index (χ1) is 10.1. The lowest BCUT2D eigenvalue weighted by Gasteiger charge is -2.09. The number of unbranched alkanes of at least 4 members (excludes halogenated alkanes) is 1. The molecule has 1 aliphatic rings. The zero-order chi connectivity index (χ0) is 15.1. The van der Waals surface area contributed by atoms with E-state index in [1.165, 1.54) is 11.8 Å². The Labute approximate surface area is 138 Å². The van der Waals surface area contributed by atoms with E-state index in [0.717, 1.165) is 36.3 Å². The van der Waals surface area contributed by atoms with Crippen molar-refractivity contribution in [1.29, 1.82) is 0 Å². The third-order valence-electron chi connectivity index (χ3n) is 2.87. The molecule has 0 fully saturated rings. The van der Waals surface area contributed by atoms with Gasteiger partial charge in [0.25, 0.3) is 0 Å². The minimum absolute atomic E-state index is 0.526. The van der Waals surface area contributed by atoms with Crippen LogP contribution in [0.2, 0.25) is 10.0 Å². The number of rotatable bonds is 7. The lowest BCUT2D eigenvalue weighted by Crippen LogP contribution is -2.15. The van der Waals surface area contributed by atoms with Gasteiger partial charge in [-0.05, 0) is 43.0 Å². The summed E-state index contributed by atoms with van der Waals surface area (Å²) >= 11 is 13.4. The van der Waals surface area contributed by atoms with E-state index in [4.69, 9.17) is 33.7 Å². The Kier molecular flexibility index (Phi) is 6.83. The maximum Gasteiger partial charge on any atom is 0.180 e. The van der Waals surface area contributed by atoms with Crippen molar-refractivity contribution >= 4 is 45.8 Å². The number of benzene rings is 1. The number of nitrogens with zero attached hydrogens (tertiary/aromatic N) is 2. The van der Waals surface area contributed by atoms with Crippen molar-refractivity contribution in [1.82, 2.24) is 0 Å². The molecule has 21 heavy (non-hydrogen) atoms. The van der Waals surface area contributed by atoms with Crippen molar-refractivity contribution in [2.75, 3.05) is 12.4 Å². The van der Waals surface area contributed by atoms with Gasteiger partial charge in [-0.1, -0.05) is 35.0 Å².